The van der Waals surface area contributed by atoms with E-state index >= 15 is 0 Å². The highest BCUT2D eigenvalue weighted by Gasteiger charge is 2.18. The highest BCUT2D eigenvalue weighted by Crippen LogP contribution is 2.32. The van der Waals surface area contributed by atoms with Crippen molar-refractivity contribution in [1.29, 1.82) is 0 Å². The number of benzene rings is 1. The summed E-state index contributed by atoms with van der Waals surface area (Å²) in [5, 5.41) is 3.22. The van der Waals surface area contributed by atoms with Crippen molar-refractivity contribution in [2.75, 3.05) is 25.0 Å². The maximum atomic E-state index is 12.5. The number of carbonyl (C=O) groups is 1. The quantitative estimate of drug-likeness (QED) is 0.796. The molecule has 0 spiro atoms. The fourth-order valence-electron chi connectivity index (χ4n) is 3.44. The molecule has 1 amide bonds. The molecule has 1 N–H and O–H groups in total. The second-order valence-electron chi connectivity index (χ2n) is 7.94. The topological polar surface area (TPSA) is 32.3 Å². The number of para-hydroxylation sites is 1. The molecule has 3 heteroatoms. The van der Waals surface area contributed by atoms with E-state index in [0.717, 1.165) is 31.2 Å². The first-order valence-electron chi connectivity index (χ1n) is 9.53. The lowest BCUT2D eigenvalue weighted by Crippen LogP contribution is -2.35. The Morgan fingerprint density at radius 2 is 1.67 bits per heavy atom. The predicted molar refractivity (Wildman–Crippen MR) is 103 cm³/mol. The Balaban J connectivity index is 2.00. The first-order chi connectivity index (χ1) is 11.4. The Kier molecular flexibility index (Phi) is 6.85. The molecule has 3 nitrogen and oxygen atoms in total. The molecule has 1 aromatic carbocycles. The number of anilines is 1. The van der Waals surface area contributed by atoms with Gasteiger partial charge in [-0.1, -0.05) is 52.8 Å². The van der Waals surface area contributed by atoms with Gasteiger partial charge in [-0.15, -0.1) is 0 Å². The summed E-state index contributed by atoms with van der Waals surface area (Å²) in [7, 11) is 0. The summed E-state index contributed by atoms with van der Waals surface area (Å²) < 4.78 is 0. The summed E-state index contributed by atoms with van der Waals surface area (Å²) in [6.45, 7) is 14.2. The van der Waals surface area contributed by atoms with Gasteiger partial charge in [-0.25, -0.2) is 0 Å². The molecule has 0 aliphatic carbocycles. The van der Waals surface area contributed by atoms with Crippen molar-refractivity contribution in [2.45, 2.75) is 65.7 Å². The van der Waals surface area contributed by atoms with Crippen LogP contribution in [0.4, 0.5) is 5.69 Å². The van der Waals surface area contributed by atoms with E-state index in [1.54, 1.807) is 0 Å². The summed E-state index contributed by atoms with van der Waals surface area (Å²) in [5.41, 5.74) is 3.52. The van der Waals surface area contributed by atoms with Crippen LogP contribution < -0.4 is 5.32 Å². The molecule has 0 bridgehead atoms. The van der Waals surface area contributed by atoms with Crippen molar-refractivity contribution in [3.63, 3.8) is 0 Å². The molecule has 1 fully saturated rings. The van der Waals surface area contributed by atoms with Crippen LogP contribution in [0.25, 0.3) is 0 Å². The number of likely N-dealkylation sites (tertiary alicyclic amines) is 1. The lowest BCUT2D eigenvalue weighted by atomic mass is 9.92. The first kappa shape index (κ1) is 19.0. The Bertz CT molecular complexity index is 517. The van der Waals surface area contributed by atoms with Gasteiger partial charge in [0, 0.05) is 18.7 Å². The van der Waals surface area contributed by atoms with Gasteiger partial charge in [-0.3, -0.25) is 4.79 Å². The Labute approximate surface area is 147 Å². The molecular weight excluding hydrogens is 296 g/mol. The highest BCUT2D eigenvalue weighted by molar-refractivity contribution is 5.92. The summed E-state index contributed by atoms with van der Waals surface area (Å²) in [6.07, 6.45) is 3.10. The molecule has 1 aliphatic rings. The van der Waals surface area contributed by atoms with Gasteiger partial charge in [0.05, 0.1) is 0 Å². The third-order valence-electron chi connectivity index (χ3n) is 5.17. The minimum Gasteiger partial charge on any atom is -0.326 e. The van der Waals surface area contributed by atoms with E-state index in [4.69, 9.17) is 0 Å². The number of hydrogen-bond acceptors (Lipinski definition) is 2. The minimum absolute atomic E-state index is 0.142. The SMILES string of the molecule is CC1CCN(CCC(=O)Nc2c(C(C)C)cccc2C(C)C)CC1. The van der Waals surface area contributed by atoms with E-state index in [1.807, 2.05) is 0 Å². The number of rotatable bonds is 6. The number of amides is 1. The molecular formula is C21H34N2O. The highest BCUT2D eigenvalue weighted by atomic mass is 16.1. The summed E-state index contributed by atoms with van der Waals surface area (Å²) in [4.78, 5) is 15.0. The van der Waals surface area contributed by atoms with Crippen molar-refractivity contribution in [3.8, 4) is 0 Å². The van der Waals surface area contributed by atoms with Crippen LogP contribution in [0, 0.1) is 5.92 Å². The standard InChI is InChI=1S/C21H34N2O/c1-15(2)18-7-6-8-19(16(3)4)21(18)22-20(24)11-14-23-12-9-17(5)10-13-23/h6-8,15-17H,9-14H2,1-5H3,(H,22,24). The zero-order valence-corrected chi connectivity index (χ0v) is 16.1. The monoisotopic (exact) mass is 330 g/mol. The van der Waals surface area contributed by atoms with E-state index in [2.05, 4.69) is 63.0 Å². The lowest BCUT2D eigenvalue weighted by molar-refractivity contribution is -0.116. The van der Waals surface area contributed by atoms with Gasteiger partial charge in [-0.05, 0) is 54.8 Å². The molecule has 1 aromatic rings. The maximum absolute atomic E-state index is 12.5. The van der Waals surface area contributed by atoms with Crippen LogP contribution >= 0.6 is 0 Å². The third-order valence-corrected chi connectivity index (χ3v) is 5.17. The average molecular weight is 331 g/mol. The molecule has 0 atom stereocenters. The maximum Gasteiger partial charge on any atom is 0.225 e. The Morgan fingerprint density at radius 1 is 1.12 bits per heavy atom. The molecule has 24 heavy (non-hydrogen) atoms. The van der Waals surface area contributed by atoms with E-state index in [0.29, 0.717) is 18.3 Å². The number of nitrogens with zero attached hydrogens (tertiary/aromatic N) is 1. The summed E-state index contributed by atoms with van der Waals surface area (Å²) in [6, 6.07) is 6.38. The van der Waals surface area contributed by atoms with Crippen LogP contribution in [-0.2, 0) is 4.79 Å². The number of nitrogens with one attached hydrogen (secondary N) is 1. The molecule has 0 unspecified atom stereocenters. The van der Waals surface area contributed by atoms with Crippen molar-refractivity contribution in [3.05, 3.63) is 29.3 Å². The van der Waals surface area contributed by atoms with Crippen LogP contribution in [0.3, 0.4) is 0 Å². The molecule has 0 aromatic heterocycles. The van der Waals surface area contributed by atoms with Gasteiger partial charge in [0.2, 0.25) is 5.91 Å². The van der Waals surface area contributed by atoms with Crippen LogP contribution in [0.5, 0.6) is 0 Å². The van der Waals surface area contributed by atoms with Crippen molar-refractivity contribution in [2.24, 2.45) is 5.92 Å². The molecule has 0 saturated carbocycles. The molecule has 1 aliphatic heterocycles. The average Bonchev–Trinajstić information content (AvgIpc) is 2.54. The number of carbonyl (C=O) groups excluding carboxylic acids is 1. The Morgan fingerprint density at radius 3 is 2.17 bits per heavy atom. The Hall–Kier alpha value is -1.35. The zero-order valence-electron chi connectivity index (χ0n) is 16.1. The molecule has 0 radical (unpaired) electrons. The number of hydrogen-bond donors (Lipinski definition) is 1. The fraction of sp³-hybridized carbons (Fsp3) is 0.667. The van der Waals surface area contributed by atoms with Gasteiger partial charge in [0.25, 0.3) is 0 Å². The number of piperidine rings is 1. The van der Waals surface area contributed by atoms with Crippen molar-refractivity contribution < 1.29 is 4.79 Å². The van der Waals surface area contributed by atoms with E-state index in [-0.39, 0.29) is 5.91 Å². The van der Waals surface area contributed by atoms with Crippen LogP contribution in [0.15, 0.2) is 18.2 Å². The lowest BCUT2D eigenvalue weighted by Gasteiger charge is -2.30. The molecule has 1 heterocycles. The normalized spacial score (nSPS) is 16.8. The van der Waals surface area contributed by atoms with Gasteiger partial charge < -0.3 is 10.2 Å². The van der Waals surface area contributed by atoms with Crippen molar-refractivity contribution in [1.82, 2.24) is 4.90 Å². The molecule has 2 rings (SSSR count). The smallest absolute Gasteiger partial charge is 0.225 e. The molecule has 1 saturated heterocycles. The van der Waals surface area contributed by atoms with Gasteiger partial charge >= 0.3 is 0 Å². The van der Waals surface area contributed by atoms with E-state index in [9.17, 15) is 4.79 Å². The summed E-state index contributed by atoms with van der Waals surface area (Å²) >= 11 is 0. The molecule has 134 valence electrons. The van der Waals surface area contributed by atoms with Crippen LogP contribution in [0.2, 0.25) is 0 Å². The van der Waals surface area contributed by atoms with Gasteiger partial charge in [-0.2, -0.15) is 0 Å². The van der Waals surface area contributed by atoms with E-state index < -0.39 is 0 Å². The van der Waals surface area contributed by atoms with Crippen LogP contribution in [-0.4, -0.2) is 30.4 Å². The largest absolute Gasteiger partial charge is 0.326 e. The predicted octanol–water partition coefficient (Wildman–Crippen LogP) is 4.99. The van der Waals surface area contributed by atoms with Crippen LogP contribution in [0.1, 0.15) is 76.8 Å². The second kappa shape index (κ2) is 8.66. The summed E-state index contributed by atoms with van der Waals surface area (Å²) in [5.74, 6) is 1.79. The minimum atomic E-state index is 0.142. The zero-order chi connectivity index (χ0) is 17.7. The van der Waals surface area contributed by atoms with Gasteiger partial charge in [0.15, 0.2) is 0 Å². The fourth-order valence-corrected chi connectivity index (χ4v) is 3.44. The van der Waals surface area contributed by atoms with Gasteiger partial charge in [0.1, 0.15) is 0 Å². The van der Waals surface area contributed by atoms with E-state index in [1.165, 1.54) is 24.0 Å². The third kappa shape index (κ3) is 5.07. The van der Waals surface area contributed by atoms with Crippen molar-refractivity contribution >= 4 is 11.6 Å². The first-order valence-corrected chi connectivity index (χ1v) is 9.53. The second-order valence-corrected chi connectivity index (χ2v) is 7.94.